The van der Waals surface area contributed by atoms with E-state index in [2.05, 4.69) is 20.5 Å². The van der Waals surface area contributed by atoms with Crippen molar-refractivity contribution in [2.45, 2.75) is 19.0 Å². The third kappa shape index (κ3) is 5.37. The van der Waals surface area contributed by atoms with Gasteiger partial charge in [0.1, 0.15) is 11.5 Å². The molecule has 1 N–H and O–H groups in total. The van der Waals surface area contributed by atoms with Gasteiger partial charge in [0.2, 0.25) is 5.91 Å². The van der Waals surface area contributed by atoms with E-state index >= 15 is 0 Å². The summed E-state index contributed by atoms with van der Waals surface area (Å²) < 4.78 is 12.8. The van der Waals surface area contributed by atoms with Crippen molar-refractivity contribution in [1.82, 2.24) is 19.7 Å². The summed E-state index contributed by atoms with van der Waals surface area (Å²) in [5.41, 5.74) is 3.34. The molecule has 0 atom stereocenters. The number of nitrogens with one attached hydrogen (secondary N) is 1. The number of methoxy groups -OCH3 is 1. The van der Waals surface area contributed by atoms with Crippen LogP contribution in [0.15, 0.2) is 72.1 Å². The van der Waals surface area contributed by atoms with E-state index < -0.39 is 0 Å². The van der Waals surface area contributed by atoms with Gasteiger partial charge in [-0.3, -0.25) is 14.3 Å². The Balaban J connectivity index is 1.59. The summed E-state index contributed by atoms with van der Waals surface area (Å²) in [7, 11) is 1.58. The number of rotatable bonds is 9. The van der Waals surface area contributed by atoms with E-state index in [1.54, 1.807) is 19.5 Å². The minimum Gasteiger partial charge on any atom is -0.495 e. The predicted molar refractivity (Wildman–Crippen MR) is 133 cm³/mol. The first-order valence-electron chi connectivity index (χ1n) is 10.8. The number of hydrogen-bond acceptors (Lipinski definition) is 7. The van der Waals surface area contributed by atoms with Crippen molar-refractivity contribution in [2.24, 2.45) is 0 Å². The Morgan fingerprint density at radius 1 is 1.12 bits per heavy atom. The van der Waals surface area contributed by atoms with Crippen LogP contribution in [0.5, 0.6) is 11.5 Å². The fraction of sp³-hybridized carbons (Fsp3) is 0.200. The van der Waals surface area contributed by atoms with Gasteiger partial charge in [-0.2, -0.15) is 0 Å². The largest absolute Gasteiger partial charge is 0.495 e. The van der Waals surface area contributed by atoms with Gasteiger partial charge >= 0.3 is 0 Å². The van der Waals surface area contributed by atoms with Crippen molar-refractivity contribution in [2.75, 3.05) is 24.8 Å². The number of pyridine rings is 1. The Bertz CT molecular complexity index is 1260. The fourth-order valence-corrected chi connectivity index (χ4v) is 4.12. The summed E-state index contributed by atoms with van der Waals surface area (Å²) in [5, 5.41) is 12.3. The Morgan fingerprint density at radius 3 is 2.65 bits per heavy atom. The maximum absolute atomic E-state index is 12.7. The summed E-state index contributed by atoms with van der Waals surface area (Å²) >= 11 is 1.30. The molecule has 34 heavy (non-hydrogen) atoms. The molecule has 8 nitrogen and oxygen atoms in total. The molecule has 4 aromatic rings. The number of aromatic nitrogens is 4. The van der Waals surface area contributed by atoms with Crippen LogP contribution in [-0.4, -0.2) is 45.1 Å². The van der Waals surface area contributed by atoms with Crippen molar-refractivity contribution in [3.8, 4) is 28.6 Å². The number of ether oxygens (including phenoxy) is 2. The fourth-order valence-electron chi connectivity index (χ4n) is 3.37. The molecule has 0 bridgehead atoms. The van der Waals surface area contributed by atoms with E-state index in [4.69, 9.17) is 9.47 Å². The molecule has 2 heterocycles. The van der Waals surface area contributed by atoms with Crippen molar-refractivity contribution >= 4 is 23.4 Å². The van der Waals surface area contributed by atoms with Crippen molar-refractivity contribution in [3.05, 3.63) is 72.6 Å². The van der Waals surface area contributed by atoms with Crippen LogP contribution in [0.4, 0.5) is 5.69 Å². The molecule has 1 amide bonds. The zero-order valence-corrected chi connectivity index (χ0v) is 20.0. The van der Waals surface area contributed by atoms with Crippen LogP contribution in [0, 0.1) is 6.92 Å². The van der Waals surface area contributed by atoms with Crippen molar-refractivity contribution in [1.29, 1.82) is 0 Å². The summed E-state index contributed by atoms with van der Waals surface area (Å²) in [6.07, 6.45) is 3.45. The number of nitrogens with zero attached hydrogens (tertiary/aromatic N) is 4. The lowest BCUT2D eigenvalue weighted by atomic mass is 10.2. The van der Waals surface area contributed by atoms with Crippen molar-refractivity contribution in [3.63, 3.8) is 0 Å². The number of thioether (sulfide) groups is 1. The lowest BCUT2D eigenvalue weighted by Crippen LogP contribution is -2.15. The standard InChI is InChI=1S/C25H25N5O3S/c1-4-33-20-10-8-19(9-11-20)30-24(18-6-5-13-26-15-18)28-29-25(30)34-16-23(31)27-21-14-17(2)7-12-22(21)32-3/h5-15H,4,16H2,1-3H3,(H,27,31). The normalized spacial score (nSPS) is 10.7. The Kier molecular flexibility index (Phi) is 7.44. The van der Waals surface area contributed by atoms with Gasteiger partial charge in [-0.25, -0.2) is 0 Å². The maximum atomic E-state index is 12.7. The van der Waals surface area contributed by atoms with E-state index in [0.717, 1.165) is 22.6 Å². The lowest BCUT2D eigenvalue weighted by Gasteiger charge is -2.12. The summed E-state index contributed by atoms with van der Waals surface area (Å²) in [6.45, 7) is 4.50. The second-order valence-electron chi connectivity index (χ2n) is 7.35. The minimum absolute atomic E-state index is 0.152. The van der Waals surface area contributed by atoms with Gasteiger partial charge in [0.25, 0.3) is 0 Å². The summed E-state index contributed by atoms with van der Waals surface area (Å²) in [4.78, 5) is 16.9. The first-order chi connectivity index (χ1) is 16.6. The van der Waals surface area contributed by atoms with Gasteiger partial charge in [-0.15, -0.1) is 10.2 Å². The molecular formula is C25H25N5O3S. The zero-order chi connectivity index (χ0) is 23.9. The van der Waals surface area contributed by atoms with Crippen LogP contribution in [0.25, 0.3) is 17.1 Å². The quantitative estimate of drug-likeness (QED) is 0.349. The SMILES string of the molecule is CCOc1ccc(-n2c(SCC(=O)Nc3cc(C)ccc3OC)nnc2-c2cccnc2)cc1. The molecule has 0 aliphatic heterocycles. The van der Waals surface area contributed by atoms with E-state index in [-0.39, 0.29) is 11.7 Å². The van der Waals surface area contributed by atoms with Gasteiger partial charge in [-0.05, 0) is 67.9 Å². The van der Waals surface area contributed by atoms with Crippen molar-refractivity contribution < 1.29 is 14.3 Å². The van der Waals surface area contributed by atoms with Crippen LogP contribution in [0.2, 0.25) is 0 Å². The Labute approximate surface area is 202 Å². The molecule has 0 aliphatic carbocycles. The number of carbonyl (C=O) groups excluding carboxylic acids is 1. The van der Waals surface area contributed by atoms with Gasteiger partial charge in [0, 0.05) is 23.6 Å². The van der Waals surface area contributed by atoms with E-state index in [9.17, 15) is 4.79 Å². The van der Waals surface area contributed by atoms with Gasteiger partial charge in [-0.1, -0.05) is 17.8 Å². The highest BCUT2D eigenvalue weighted by Gasteiger charge is 2.18. The molecule has 0 spiro atoms. The molecule has 0 saturated carbocycles. The second kappa shape index (κ2) is 10.8. The smallest absolute Gasteiger partial charge is 0.234 e. The van der Waals surface area contributed by atoms with Gasteiger partial charge in [0.05, 0.1) is 25.2 Å². The Morgan fingerprint density at radius 2 is 1.94 bits per heavy atom. The number of aryl methyl sites for hydroxylation is 1. The number of carbonyl (C=O) groups is 1. The van der Waals surface area contributed by atoms with Gasteiger partial charge in [0.15, 0.2) is 11.0 Å². The van der Waals surface area contributed by atoms with Crippen LogP contribution in [0.1, 0.15) is 12.5 Å². The third-order valence-corrected chi connectivity index (χ3v) is 5.85. The summed E-state index contributed by atoms with van der Waals surface area (Å²) in [5.74, 6) is 2.01. The molecular weight excluding hydrogens is 450 g/mol. The lowest BCUT2D eigenvalue weighted by molar-refractivity contribution is -0.113. The van der Waals surface area contributed by atoms with E-state index in [1.807, 2.05) is 73.0 Å². The zero-order valence-electron chi connectivity index (χ0n) is 19.2. The number of amides is 1. The van der Waals surface area contributed by atoms with E-state index in [0.29, 0.717) is 29.0 Å². The highest BCUT2D eigenvalue weighted by molar-refractivity contribution is 7.99. The number of benzene rings is 2. The molecule has 0 saturated heterocycles. The van der Waals surface area contributed by atoms with Crippen LogP contribution < -0.4 is 14.8 Å². The molecule has 174 valence electrons. The predicted octanol–water partition coefficient (Wildman–Crippen LogP) is 4.78. The van der Waals surface area contributed by atoms with E-state index in [1.165, 1.54) is 11.8 Å². The molecule has 2 aromatic heterocycles. The van der Waals surface area contributed by atoms with Gasteiger partial charge < -0.3 is 14.8 Å². The first-order valence-corrected chi connectivity index (χ1v) is 11.7. The average Bonchev–Trinajstić information content (AvgIpc) is 3.28. The molecule has 0 radical (unpaired) electrons. The van der Waals surface area contributed by atoms with Crippen LogP contribution >= 0.6 is 11.8 Å². The third-order valence-electron chi connectivity index (χ3n) is 4.92. The topological polar surface area (TPSA) is 91.2 Å². The summed E-state index contributed by atoms with van der Waals surface area (Å²) in [6, 6.07) is 17.1. The minimum atomic E-state index is -0.168. The molecule has 4 rings (SSSR count). The monoisotopic (exact) mass is 475 g/mol. The Hall–Kier alpha value is -3.85. The first kappa shape index (κ1) is 23.3. The van der Waals surface area contributed by atoms with Crippen LogP contribution in [0.3, 0.4) is 0 Å². The molecule has 0 fully saturated rings. The average molecular weight is 476 g/mol. The molecule has 2 aromatic carbocycles. The van der Waals surface area contributed by atoms with Crippen LogP contribution in [-0.2, 0) is 4.79 Å². The number of hydrogen-bond donors (Lipinski definition) is 1. The second-order valence-corrected chi connectivity index (χ2v) is 8.29. The molecule has 0 aliphatic rings. The highest BCUT2D eigenvalue weighted by Crippen LogP contribution is 2.29. The highest BCUT2D eigenvalue weighted by atomic mass is 32.2. The maximum Gasteiger partial charge on any atom is 0.234 e. The molecule has 9 heteroatoms. The molecule has 0 unspecified atom stereocenters. The number of anilines is 1.